The molecule has 0 fully saturated rings. The molecule has 0 aliphatic carbocycles. The molecule has 1 atom stereocenters. The van der Waals surface area contributed by atoms with Crippen LogP contribution in [0.3, 0.4) is 0 Å². The summed E-state index contributed by atoms with van der Waals surface area (Å²) in [6.45, 7) is 1.33. The first-order chi connectivity index (χ1) is 10.3. The van der Waals surface area contributed by atoms with Gasteiger partial charge in [-0.05, 0) is 11.1 Å². The van der Waals surface area contributed by atoms with E-state index in [2.05, 4.69) is 0 Å². The summed E-state index contributed by atoms with van der Waals surface area (Å²) in [7, 11) is 0. The van der Waals surface area contributed by atoms with E-state index < -0.39 is 12.3 Å². The number of carbonyl (C=O) groups excluding carboxylic acids is 2. The molecular formula is C17H15O4. The van der Waals surface area contributed by atoms with Crippen LogP contribution in [0.25, 0.3) is 0 Å². The third kappa shape index (κ3) is 5.10. The summed E-state index contributed by atoms with van der Waals surface area (Å²) in [5.41, 5.74) is 1.75. The van der Waals surface area contributed by atoms with Crippen LogP contribution in [0, 0.1) is 0 Å². The van der Waals surface area contributed by atoms with Crippen LogP contribution in [-0.2, 0) is 31.9 Å². The molecule has 4 nitrogen and oxygen atoms in total. The summed E-state index contributed by atoms with van der Waals surface area (Å²) in [5.74, 6) is -0.447. The predicted molar refractivity (Wildman–Crippen MR) is 77.0 cm³/mol. The van der Waals surface area contributed by atoms with Crippen molar-refractivity contribution in [3.63, 3.8) is 0 Å². The Labute approximate surface area is 123 Å². The second kappa shape index (κ2) is 7.85. The van der Waals surface area contributed by atoms with Gasteiger partial charge in [-0.1, -0.05) is 60.7 Å². The van der Waals surface area contributed by atoms with Crippen LogP contribution in [-0.4, -0.2) is 18.7 Å². The lowest BCUT2D eigenvalue weighted by molar-refractivity contribution is -0.164. The second-order valence-electron chi connectivity index (χ2n) is 4.47. The van der Waals surface area contributed by atoms with Crippen LogP contribution < -0.4 is 0 Å². The van der Waals surface area contributed by atoms with Gasteiger partial charge in [-0.3, -0.25) is 4.79 Å². The first-order valence-corrected chi connectivity index (χ1v) is 6.58. The van der Waals surface area contributed by atoms with E-state index in [0.29, 0.717) is 6.42 Å². The van der Waals surface area contributed by atoms with Crippen molar-refractivity contribution < 1.29 is 19.1 Å². The van der Waals surface area contributed by atoms with Gasteiger partial charge in [0, 0.05) is 6.42 Å². The summed E-state index contributed by atoms with van der Waals surface area (Å²) >= 11 is 0. The van der Waals surface area contributed by atoms with Gasteiger partial charge in [0.25, 0.3) is 6.29 Å². The van der Waals surface area contributed by atoms with E-state index in [1.54, 1.807) is 0 Å². The molecule has 0 amide bonds. The number of rotatable bonds is 7. The number of hydrogen-bond donors (Lipinski definition) is 0. The molecule has 2 aromatic carbocycles. The lowest BCUT2D eigenvalue weighted by atomic mass is 10.1. The lowest BCUT2D eigenvalue weighted by Crippen LogP contribution is -2.24. The Morgan fingerprint density at radius 2 is 1.52 bits per heavy atom. The average molecular weight is 283 g/mol. The summed E-state index contributed by atoms with van der Waals surface area (Å²) in [5, 5.41) is 0. The van der Waals surface area contributed by atoms with E-state index in [4.69, 9.17) is 9.47 Å². The quantitative estimate of drug-likeness (QED) is 0.578. The number of esters is 1. The number of carbonyl (C=O) groups is 1. The van der Waals surface area contributed by atoms with Gasteiger partial charge in [0.15, 0.2) is 0 Å². The molecule has 4 heteroatoms. The number of hydrogen-bond acceptors (Lipinski definition) is 4. The molecule has 0 N–H and O–H groups in total. The van der Waals surface area contributed by atoms with Crippen LogP contribution >= 0.6 is 0 Å². The highest BCUT2D eigenvalue weighted by Crippen LogP contribution is 2.09. The highest BCUT2D eigenvalue weighted by molar-refractivity contribution is 5.72. The van der Waals surface area contributed by atoms with E-state index >= 15 is 0 Å². The largest absolute Gasteiger partial charge is 0.425 e. The molecule has 0 saturated carbocycles. The fraction of sp³-hybridized carbons (Fsp3) is 0.176. The standard InChI is InChI=1S/C17H15O4/c18-13-20-17(12-15-9-5-2-6-10-15)21-16(19)11-14-7-3-1-4-8-14/h1-10,17H,11-12H2. The predicted octanol–water partition coefficient (Wildman–Crippen LogP) is 2.42. The average Bonchev–Trinajstić information content (AvgIpc) is 2.49. The Hall–Kier alpha value is -2.62. The Kier molecular flexibility index (Phi) is 5.52. The molecular weight excluding hydrogens is 268 g/mol. The molecule has 0 aliphatic heterocycles. The molecule has 21 heavy (non-hydrogen) atoms. The van der Waals surface area contributed by atoms with E-state index in [-0.39, 0.29) is 6.42 Å². The third-order valence-corrected chi connectivity index (χ3v) is 2.88. The molecule has 0 bridgehead atoms. The van der Waals surface area contributed by atoms with E-state index in [1.807, 2.05) is 60.7 Å². The Bertz CT molecular complexity index is 566. The minimum Gasteiger partial charge on any atom is -0.425 e. The Morgan fingerprint density at radius 1 is 0.952 bits per heavy atom. The van der Waals surface area contributed by atoms with Gasteiger partial charge < -0.3 is 9.47 Å². The van der Waals surface area contributed by atoms with Crippen molar-refractivity contribution in [1.82, 2.24) is 0 Å². The van der Waals surface area contributed by atoms with Gasteiger partial charge in [0.1, 0.15) is 0 Å². The smallest absolute Gasteiger partial charge is 0.420 e. The minimum absolute atomic E-state index is 0.133. The Morgan fingerprint density at radius 3 is 2.10 bits per heavy atom. The van der Waals surface area contributed by atoms with Gasteiger partial charge in [-0.15, -0.1) is 0 Å². The molecule has 1 unspecified atom stereocenters. The summed E-state index contributed by atoms with van der Waals surface area (Å²) < 4.78 is 9.88. The normalized spacial score (nSPS) is 11.4. The summed E-state index contributed by atoms with van der Waals surface area (Å²) in [6, 6.07) is 18.6. The molecule has 1 radical (unpaired) electrons. The van der Waals surface area contributed by atoms with Gasteiger partial charge in [-0.2, -0.15) is 0 Å². The maximum absolute atomic E-state index is 11.9. The molecule has 0 aliphatic rings. The maximum atomic E-state index is 11.9. The maximum Gasteiger partial charge on any atom is 0.420 e. The van der Waals surface area contributed by atoms with E-state index in [1.165, 1.54) is 6.47 Å². The molecule has 0 aromatic heterocycles. The van der Waals surface area contributed by atoms with Gasteiger partial charge >= 0.3 is 12.4 Å². The van der Waals surface area contributed by atoms with Crippen molar-refractivity contribution in [3.8, 4) is 0 Å². The van der Waals surface area contributed by atoms with E-state index in [9.17, 15) is 9.59 Å². The molecule has 2 aromatic rings. The lowest BCUT2D eigenvalue weighted by Gasteiger charge is -2.15. The van der Waals surface area contributed by atoms with Crippen LogP contribution in [0.4, 0.5) is 0 Å². The first kappa shape index (κ1) is 14.8. The van der Waals surface area contributed by atoms with Crippen molar-refractivity contribution in [2.24, 2.45) is 0 Å². The fourth-order valence-electron chi connectivity index (χ4n) is 1.92. The fourth-order valence-corrected chi connectivity index (χ4v) is 1.92. The van der Waals surface area contributed by atoms with Crippen LogP contribution in [0.1, 0.15) is 11.1 Å². The third-order valence-electron chi connectivity index (χ3n) is 2.88. The number of ether oxygens (including phenoxy) is 2. The van der Waals surface area contributed by atoms with E-state index in [0.717, 1.165) is 11.1 Å². The first-order valence-electron chi connectivity index (χ1n) is 6.58. The zero-order valence-electron chi connectivity index (χ0n) is 11.4. The van der Waals surface area contributed by atoms with Crippen molar-refractivity contribution in [2.45, 2.75) is 19.1 Å². The zero-order chi connectivity index (χ0) is 14.9. The molecule has 0 heterocycles. The van der Waals surface area contributed by atoms with Crippen LogP contribution in [0.15, 0.2) is 60.7 Å². The Balaban J connectivity index is 1.93. The minimum atomic E-state index is -0.957. The van der Waals surface area contributed by atoms with Crippen molar-refractivity contribution in [2.75, 3.05) is 0 Å². The summed E-state index contributed by atoms with van der Waals surface area (Å²) in [4.78, 5) is 22.3. The highest BCUT2D eigenvalue weighted by atomic mass is 16.7. The number of benzene rings is 2. The summed E-state index contributed by atoms with van der Waals surface area (Å²) in [6.07, 6.45) is -0.522. The van der Waals surface area contributed by atoms with Crippen LogP contribution in [0.5, 0.6) is 0 Å². The molecule has 107 valence electrons. The van der Waals surface area contributed by atoms with Crippen molar-refractivity contribution >= 4 is 12.4 Å². The van der Waals surface area contributed by atoms with Gasteiger partial charge in [-0.25, -0.2) is 4.79 Å². The topological polar surface area (TPSA) is 52.6 Å². The molecule has 0 saturated heterocycles. The second-order valence-corrected chi connectivity index (χ2v) is 4.47. The van der Waals surface area contributed by atoms with Gasteiger partial charge in [0.05, 0.1) is 6.42 Å². The molecule has 2 rings (SSSR count). The highest BCUT2D eigenvalue weighted by Gasteiger charge is 2.16. The van der Waals surface area contributed by atoms with Gasteiger partial charge in [0.2, 0.25) is 0 Å². The monoisotopic (exact) mass is 283 g/mol. The SMILES string of the molecule is O=[C]OC(Cc1ccccc1)OC(=O)Cc1ccccc1. The molecule has 0 spiro atoms. The van der Waals surface area contributed by atoms with Crippen molar-refractivity contribution in [1.29, 1.82) is 0 Å². The van der Waals surface area contributed by atoms with Crippen molar-refractivity contribution in [3.05, 3.63) is 71.8 Å². The zero-order valence-corrected chi connectivity index (χ0v) is 11.4. The van der Waals surface area contributed by atoms with Crippen LogP contribution in [0.2, 0.25) is 0 Å².